The van der Waals surface area contributed by atoms with Crippen molar-refractivity contribution in [2.75, 3.05) is 7.11 Å². The zero-order valence-electron chi connectivity index (χ0n) is 89.3. The van der Waals surface area contributed by atoms with Crippen LogP contribution in [0.3, 0.4) is 0 Å². The summed E-state index contributed by atoms with van der Waals surface area (Å²) in [7, 11) is 1.73. The third kappa shape index (κ3) is 46.1. The highest BCUT2D eigenvalue weighted by molar-refractivity contribution is 6.42. The van der Waals surface area contributed by atoms with Crippen molar-refractivity contribution in [3.8, 4) is 5.75 Å². The predicted molar refractivity (Wildman–Crippen MR) is 580 cm³/mol. The highest BCUT2D eigenvalue weighted by Gasteiger charge is 2.24. The van der Waals surface area contributed by atoms with E-state index in [0.717, 1.165) is 55.4 Å². The highest BCUT2D eigenvalue weighted by Crippen LogP contribution is 2.36. The molecule has 11 heteroatoms. The number of hydrogen-bond donors (Lipinski definition) is 0. The van der Waals surface area contributed by atoms with Crippen molar-refractivity contribution < 1.29 is 9.13 Å². The number of rotatable bonds is 2. The molecular formula is C120H168Cl5FN4O. The Labute approximate surface area is 824 Å². The molecule has 0 spiro atoms. The van der Waals surface area contributed by atoms with Gasteiger partial charge >= 0.3 is 0 Å². The number of nitrogens with zero attached hydrogens (tertiary/aromatic N) is 4. The quantitative estimate of drug-likeness (QED) is 0.162. The van der Waals surface area contributed by atoms with Gasteiger partial charge < -0.3 is 4.74 Å². The van der Waals surface area contributed by atoms with Crippen LogP contribution in [0.15, 0.2) is 207 Å². The van der Waals surface area contributed by atoms with Crippen LogP contribution in [0, 0.1) is 74.7 Å². The number of aryl methyl sites for hydroxylation is 10. The highest BCUT2D eigenvalue weighted by atomic mass is 35.5. The Bertz CT molecular complexity index is 4900. The Morgan fingerprint density at radius 3 is 1.02 bits per heavy atom. The number of methoxy groups -OCH3 is 1. The molecule has 0 aliphatic rings. The lowest BCUT2D eigenvalue weighted by molar-refractivity contribution is 0.397. The van der Waals surface area contributed by atoms with Crippen LogP contribution in [0.5, 0.6) is 5.75 Å². The van der Waals surface area contributed by atoms with Crippen molar-refractivity contribution in [1.29, 1.82) is 0 Å². The molecular weight excluding hydrogens is 1710 g/mol. The van der Waals surface area contributed by atoms with E-state index in [2.05, 4.69) is 399 Å². The number of hydrogen-bond acceptors (Lipinski definition) is 4. The maximum absolute atomic E-state index is 13.1. The lowest BCUT2D eigenvalue weighted by atomic mass is 9.82. The molecule has 131 heavy (non-hydrogen) atoms. The standard InChI is InChI=1S/C13H20.C12H18O.C12H18.2C11H15Cl.C11H15F.C11H13N.C10H12Cl2.C10H13Cl.C10H15N.C9H14N2/c1-6-11-9-10(2)7-8-12(11)13(3,4)5;1-9-6-7-10(12(2,3)4)11(8-9)13-5;1-9-6-7-11(10(2)8-9)12(3,4)5;1-8-5-6-9(7-10(8)12)11(2,3)4;1-8-5-6-9(10(12)7-8)11(2,3)4;1-8-5-6-9(7-10(8)12)11(2,3)4;1-11(2,3)9-5-7-10(12-4)8-6-9;1-10(2,3)7-4-5-8(11)9(12)6-7;1-10(2,3)8-4-6-9(11)7-5-8;1-8-5-6-9(7-11-8)10(2,3)4;1-7-5-11-8(6-10-7)9(2,3)4/h7-9H,6H2,1-5H3;6-8H,1-5H3;6-8H,1-5H3;3*5-7H,1-4H3;5-8H,1-3H3;4-6H,1-3H3;4-7H,1-3H3;5-7H,1-4H3;5-6H,1-4H3. The molecule has 9 aromatic carbocycles. The van der Waals surface area contributed by atoms with Gasteiger partial charge in [-0.05, 0) is 266 Å². The summed E-state index contributed by atoms with van der Waals surface area (Å²) in [5.41, 5.74) is 28.5. The minimum absolute atomic E-state index is 0.0362. The van der Waals surface area contributed by atoms with E-state index in [1.807, 2.05) is 106 Å². The molecule has 2 aromatic heterocycles. The summed E-state index contributed by atoms with van der Waals surface area (Å²) >= 11 is 29.6. The number of benzene rings is 9. The second-order valence-corrected chi connectivity index (χ2v) is 47.8. The monoisotopic (exact) mass is 1880 g/mol. The molecule has 5 nitrogen and oxygen atoms in total. The topological polar surface area (TPSA) is 52.3 Å². The fraction of sp³-hybridized carbons (Fsp3) is 0.467. The Hall–Kier alpha value is -8.12. The van der Waals surface area contributed by atoms with Crippen molar-refractivity contribution in [2.24, 2.45) is 0 Å². The smallest absolute Gasteiger partial charge is 0.187 e. The molecule has 0 radical (unpaired) electrons. The Balaban J connectivity index is 0.000000721. The molecule has 0 saturated carbocycles. The average molecular weight is 1880 g/mol. The van der Waals surface area contributed by atoms with Gasteiger partial charge in [0.2, 0.25) is 0 Å². The van der Waals surface area contributed by atoms with Crippen molar-refractivity contribution in [2.45, 2.75) is 364 Å². The Morgan fingerprint density at radius 1 is 0.290 bits per heavy atom. The van der Waals surface area contributed by atoms with Crippen LogP contribution in [0.25, 0.3) is 4.85 Å². The minimum Gasteiger partial charge on any atom is -0.496 e. The zero-order chi connectivity index (χ0) is 102. The predicted octanol–water partition coefficient (Wildman–Crippen LogP) is 38.3. The van der Waals surface area contributed by atoms with Gasteiger partial charge in [-0.2, -0.15) is 0 Å². The van der Waals surface area contributed by atoms with Crippen LogP contribution >= 0.6 is 58.0 Å². The van der Waals surface area contributed by atoms with E-state index in [4.69, 9.17) is 69.3 Å². The molecule has 2 heterocycles. The van der Waals surface area contributed by atoms with Crippen molar-refractivity contribution >= 4 is 63.7 Å². The molecule has 0 aliphatic heterocycles. The fourth-order valence-electron chi connectivity index (χ4n) is 12.8. The molecule has 0 unspecified atom stereocenters. The van der Waals surface area contributed by atoms with Crippen LogP contribution < -0.4 is 4.74 Å². The molecule has 0 N–H and O–H groups in total. The number of ether oxygens (including phenoxy) is 1. The van der Waals surface area contributed by atoms with E-state index in [1.165, 1.54) is 83.5 Å². The van der Waals surface area contributed by atoms with E-state index in [9.17, 15) is 4.39 Å². The van der Waals surface area contributed by atoms with Gasteiger partial charge in [-0.3, -0.25) is 15.0 Å². The molecule has 0 fully saturated rings. The minimum atomic E-state index is -0.109. The number of pyridine rings is 1. The van der Waals surface area contributed by atoms with E-state index in [-0.39, 0.29) is 65.4 Å². The Morgan fingerprint density at radius 2 is 0.656 bits per heavy atom. The second kappa shape index (κ2) is 52.1. The SMILES string of the molecule is CC(C)(C)c1ccc(Cl)c(Cl)c1.CC(C)(C)c1ccc(Cl)cc1.CCc1cc(C)ccc1C(C)(C)C.COc1cc(C)ccc1C(C)(C)C.Cc1ccc(C(C)(C)C)c(C)c1.Cc1ccc(C(C)(C)C)c(Cl)c1.Cc1ccc(C(C)(C)C)cc1Cl.Cc1ccc(C(C)(C)C)cc1F.Cc1ccc(C(C)(C)C)cn1.Cc1cnc(C(C)(C)C)cn1.[C-]#[N+]c1ccc(C(C)(C)C)cc1. The van der Waals surface area contributed by atoms with Gasteiger partial charge in [-0.25, -0.2) is 9.24 Å². The van der Waals surface area contributed by atoms with Gasteiger partial charge in [0.25, 0.3) is 0 Å². The maximum Gasteiger partial charge on any atom is 0.187 e. The summed E-state index contributed by atoms with van der Waals surface area (Å²) in [6.45, 7) is 99.4. The largest absolute Gasteiger partial charge is 0.496 e. The third-order valence-corrected chi connectivity index (χ3v) is 23.2. The summed E-state index contributed by atoms with van der Waals surface area (Å²) in [4.78, 5) is 16.1. The van der Waals surface area contributed by atoms with Crippen LogP contribution in [-0.4, -0.2) is 22.1 Å². The van der Waals surface area contributed by atoms with Gasteiger partial charge in [0.1, 0.15) is 11.6 Å². The number of halogens is 6. The second-order valence-electron chi connectivity index (χ2n) is 45.7. The first-order valence-corrected chi connectivity index (χ1v) is 47.9. The van der Waals surface area contributed by atoms with E-state index in [1.54, 1.807) is 26.3 Å². The van der Waals surface area contributed by atoms with Gasteiger partial charge in [-0.15, -0.1) is 0 Å². The van der Waals surface area contributed by atoms with Crippen LogP contribution in [0.1, 0.15) is 353 Å². The summed E-state index contributed by atoms with van der Waals surface area (Å²) in [5, 5.41) is 3.79. The van der Waals surface area contributed by atoms with E-state index in [0.29, 0.717) is 21.3 Å². The van der Waals surface area contributed by atoms with Gasteiger partial charge in [-0.1, -0.05) is 438 Å². The fourth-order valence-corrected chi connectivity index (χ4v) is 13.9. The first-order valence-electron chi connectivity index (χ1n) is 46.0. The van der Waals surface area contributed by atoms with Gasteiger partial charge in [0, 0.05) is 44.8 Å². The third-order valence-electron chi connectivity index (χ3n) is 21.5. The molecule has 0 aliphatic carbocycles. The van der Waals surface area contributed by atoms with Gasteiger partial charge in [0.05, 0.1) is 35.1 Å². The summed E-state index contributed by atoms with van der Waals surface area (Å²) in [6, 6.07) is 63.5. The van der Waals surface area contributed by atoms with Crippen LogP contribution in [0.2, 0.25) is 25.1 Å². The lowest BCUT2D eigenvalue weighted by Gasteiger charge is -2.22. The van der Waals surface area contributed by atoms with Crippen LogP contribution in [-0.2, 0) is 66.0 Å². The lowest BCUT2D eigenvalue weighted by Crippen LogP contribution is -2.14. The first kappa shape index (κ1) is 121. The maximum atomic E-state index is 13.1. The molecule has 0 atom stereocenters. The number of aromatic nitrogens is 3. The van der Waals surface area contributed by atoms with Crippen molar-refractivity contribution in [3.05, 3.63) is 366 Å². The zero-order valence-corrected chi connectivity index (χ0v) is 93.1. The molecule has 716 valence electrons. The van der Waals surface area contributed by atoms with Gasteiger partial charge in [0.15, 0.2) is 5.69 Å². The Kier molecular flexibility index (Phi) is 48.1. The summed E-state index contributed by atoms with van der Waals surface area (Å²) in [6.07, 6.45) is 6.74. The molecule has 0 bridgehead atoms. The van der Waals surface area contributed by atoms with E-state index >= 15 is 0 Å². The summed E-state index contributed by atoms with van der Waals surface area (Å²) < 4.78 is 18.5. The molecule has 0 saturated heterocycles. The molecule has 11 rings (SSSR count). The molecule has 0 amide bonds. The summed E-state index contributed by atoms with van der Waals surface area (Å²) in [5.74, 6) is 0.884. The average Bonchev–Trinajstić information content (AvgIpc) is 0.825. The first-order chi connectivity index (χ1) is 59.5. The van der Waals surface area contributed by atoms with Crippen LogP contribution in [0.4, 0.5) is 10.1 Å². The van der Waals surface area contributed by atoms with Crippen molar-refractivity contribution in [3.63, 3.8) is 0 Å². The van der Waals surface area contributed by atoms with Crippen molar-refractivity contribution in [1.82, 2.24) is 15.0 Å². The molecule has 11 aromatic rings. The van der Waals surface area contributed by atoms with E-state index < -0.39 is 0 Å². The normalized spacial score (nSPS) is 11.6.